The highest BCUT2D eigenvalue weighted by atomic mass is 16.5. The number of methoxy groups -OCH3 is 1. The summed E-state index contributed by atoms with van der Waals surface area (Å²) in [6.45, 7) is 6.44. The van der Waals surface area contributed by atoms with Crippen molar-refractivity contribution in [1.82, 2.24) is 4.98 Å². The summed E-state index contributed by atoms with van der Waals surface area (Å²) in [6, 6.07) is 20.7. The highest BCUT2D eigenvalue weighted by Crippen LogP contribution is 2.28. The van der Waals surface area contributed by atoms with E-state index in [0.29, 0.717) is 22.7 Å². The van der Waals surface area contributed by atoms with Gasteiger partial charge in [0.25, 0.3) is 5.91 Å². The van der Waals surface area contributed by atoms with Gasteiger partial charge in [0.1, 0.15) is 11.3 Å². The average Bonchev–Trinajstić information content (AvgIpc) is 3.16. The number of hydrogen-bond donors (Lipinski definition) is 1. The first-order valence-electron chi connectivity index (χ1n) is 9.80. The SMILES string of the molecule is COc1ccc(-c2nc3ccc(NC(=O)c4ccc(C(C)(C)C)cc4)cc3o2)cc1. The van der Waals surface area contributed by atoms with Crippen LogP contribution in [-0.4, -0.2) is 18.0 Å². The molecular formula is C25H24N2O3. The summed E-state index contributed by atoms with van der Waals surface area (Å²) >= 11 is 0. The van der Waals surface area contributed by atoms with Crippen molar-refractivity contribution in [2.45, 2.75) is 26.2 Å². The van der Waals surface area contributed by atoms with E-state index in [1.165, 1.54) is 5.56 Å². The second-order valence-electron chi connectivity index (χ2n) is 8.21. The predicted octanol–water partition coefficient (Wildman–Crippen LogP) is 6.05. The summed E-state index contributed by atoms with van der Waals surface area (Å²) in [6.07, 6.45) is 0. The van der Waals surface area contributed by atoms with Crippen molar-refractivity contribution in [2.24, 2.45) is 0 Å². The van der Waals surface area contributed by atoms with Crippen LogP contribution in [-0.2, 0) is 5.41 Å². The van der Waals surface area contributed by atoms with Crippen LogP contribution in [0.3, 0.4) is 0 Å². The Bertz CT molecular complexity index is 1180. The van der Waals surface area contributed by atoms with Gasteiger partial charge < -0.3 is 14.5 Å². The van der Waals surface area contributed by atoms with Crippen molar-refractivity contribution in [2.75, 3.05) is 12.4 Å². The van der Waals surface area contributed by atoms with E-state index in [9.17, 15) is 4.79 Å². The molecule has 0 unspecified atom stereocenters. The maximum absolute atomic E-state index is 12.6. The molecule has 4 rings (SSSR count). The number of fused-ring (bicyclic) bond motifs is 1. The summed E-state index contributed by atoms with van der Waals surface area (Å²) in [7, 11) is 1.63. The predicted molar refractivity (Wildman–Crippen MR) is 119 cm³/mol. The minimum atomic E-state index is -0.162. The van der Waals surface area contributed by atoms with Gasteiger partial charge in [0.2, 0.25) is 5.89 Å². The number of nitrogens with one attached hydrogen (secondary N) is 1. The fourth-order valence-electron chi connectivity index (χ4n) is 3.18. The first kappa shape index (κ1) is 19.7. The molecule has 1 N–H and O–H groups in total. The second-order valence-corrected chi connectivity index (χ2v) is 8.21. The standard InChI is InChI=1S/C25H24N2O3/c1-25(2,3)18-9-5-16(6-10-18)23(28)26-19-11-14-21-22(15-19)30-24(27-21)17-7-12-20(29-4)13-8-17/h5-15H,1-4H3,(H,26,28). The normalized spacial score (nSPS) is 11.5. The van der Waals surface area contributed by atoms with Crippen LogP contribution in [0.25, 0.3) is 22.6 Å². The van der Waals surface area contributed by atoms with Gasteiger partial charge in [0.05, 0.1) is 7.11 Å². The van der Waals surface area contributed by atoms with Crippen LogP contribution in [0.2, 0.25) is 0 Å². The Morgan fingerprint density at radius 1 is 0.967 bits per heavy atom. The molecule has 4 aromatic rings. The zero-order valence-corrected chi connectivity index (χ0v) is 17.5. The van der Waals surface area contributed by atoms with E-state index >= 15 is 0 Å². The summed E-state index contributed by atoms with van der Waals surface area (Å²) < 4.78 is 11.1. The van der Waals surface area contributed by atoms with Crippen molar-refractivity contribution >= 4 is 22.7 Å². The summed E-state index contributed by atoms with van der Waals surface area (Å²) in [4.78, 5) is 17.2. The maximum atomic E-state index is 12.6. The Morgan fingerprint density at radius 2 is 1.67 bits per heavy atom. The number of carbonyl (C=O) groups excluding carboxylic acids is 1. The molecule has 5 heteroatoms. The topological polar surface area (TPSA) is 64.4 Å². The fourth-order valence-corrected chi connectivity index (χ4v) is 3.18. The van der Waals surface area contributed by atoms with Crippen molar-refractivity contribution in [3.63, 3.8) is 0 Å². The lowest BCUT2D eigenvalue weighted by Gasteiger charge is -2.19. The smallest absolute Gasteiger partial charge is 0.255 e. The van der Waals surface area contributed by atoms with Crippen molar-refractivity contribution in [3.8, 4) is 17.2 Å². The quantitative estimate of drug-likeness (QED) is 0.453. The molecule has 1 heterocycles. The van der Waals surface area contributed by atoms with E-state index in [1.54, 1.807) is 13.2 Å². The maximum Gasteiger partial charge on any atom is 0.255 e. The van der Waals surface area contributed by atoms with Gasteiger partial charge in [0.15, 0.2) is 5.58 Å². The third kappa shape index (κ3) is 4.06. The lowest BCUT2D eigenvalue weighted by Crippen LogP contribution is -2.14. The molecule has 30 heavy (non-hydrogen) atoms. The number of benzene rings is 3. The summed E-state index contributed by atoms with van der Waals surface area (Å²) in [5.41, 5.74) is 4.71. The zero-order chi connectivity index (χ0) is 21.3. The van der Waals surface area contributed by atoms with E-state index in [4.69, 9.17) is 9.15 Å². The number of nitrogens with zero attached hydrogens (tertiary/aromatic N) is 1. The fraction of sp³-hybridized carbons (Fsp3) is 0.200. The molecule has 5 nitrogen and oxygen atoms in total. The van der Waals surface area contributed by atoms with Crippen LogP contribution < -0.4 is 10.1 Å². The van der Waals surface area contributed by atoms with Crippen molar-refractivity contribution in [1.29, 1.82) is 0 Å². The Morgan fingerprint density at radius 3 is 2.30 bits per heavy atom. The average molecular weight is 400 g/mol. The van der Waals surface area contributed by atoms with Gasteiger partial charge in [-0.2, -0.15) is 0 Å². The first-order valence-corrected chi connectivity index (χ1v) is 9.80. The number of ether oxygens (including phenoxy) is 1. The molecular weight excluding hydrogens is 376 g/mol. The lowest BCUT2D eigenvalue weighted by atomic mass is 9.87. The van der Waals surface area contributed by atoms with Crippen LogP contribution in [0.4, 0.5) is 5.69 Å². The molecule has 152 valence electrons. The molecule has 0 atom stereocenters. The molecule has 0 saturated heterocycles. The Balaban J connectivity index is 1.54. The highest BCUT2D eigenvalue weighted by molar-refractivity contribution is 6.05. The van der Waals surface area contributed by atoms with Crippen molar-refractivity contribution < 1.29 is 13.9 Å². The molecule has 3 aromatic carbocycles. The van der Waals surface area contributed by atoms with E-state index < -0.39 is 0 Å². The molecule has 1 amide bonds. The van der Waals surface area contributed by atoms with Gasteiger partial charge >= 0.3 is 0 Å². The Kier molecular flexibility index (Phi) is 5.04. The molecule has 0 aliphatic carbocycles. The molecule has 0 spiro atoms. The Hall–Kier alpha value is -3.60. The van der Waals surface area contributed by atoms with Crippen LogP contribution >= 0.6 is 0 Å². The van der Waals surface area contributed by atoms with E-state index in [1.807, 2.05) is 60.7 Å². The Labute approximate surface area is 175 Å². The lowest BCUT2D eigenvalue weighted by molar-refractivity contribution is 0.102. The number of hydrogen-bond acceptors (Lipinski definition) is 4. The van der Waals surface area contributed by atoms with Gasteiger partial charge in [-0.25, -0.2) is 4.98 Å². The molecule has 0 fully saturated rings. The van der Waals surface area contributed by atoms with Crippen LogP contribution in [0.15, 0.2) is 71.1 Å². The van der Waals surface area contributed by atoms with E-state index in [2.05, 4.69) is 31.1 Å². The number of aromatic nitrogens is 1. The third-order valence-corrected chi connectivity index (χ3v) is 5.00. The van der Waals surface area contributed by atoms with Gasteiger partial charge in [-0.15, -0.1) is 0 Å². The minimum absolute atomic E-state index is 0.0495. The van der Waals surface area contributed by atoms with Gasteiger partial charge in [0, 0.05) is 22.9 Å². The first-order chi connectivity index (χ1) is 14.3. The van der Waals surface area contributed by atoms with E-state index in [-0.39, 0.29) is 11.3 Å². The van der Waals surface area contributed by atoms with E-state index in [0.717, 1.165) is 16.8 Å². The van der Waals surface area contributed by atoms with Gasteiger partial charge in [-0.3, -0.25) is 4.79 Å². The number of oxazole rings is 1. The number of carbonyl (C=O) groups is 1. The minimum Gasteiger partial charge on any atom is -0.497 e. The van der Waals surface area contributed by atoms with Gasteiger partial charge in [-0.1, -0.05) is 32.9 Å². The largest absolute Gasteiger partial charge is 0.497 e. The number of amides is 1. The molecule has 0 aliphatic heterocycles. The molecule has 0 aliphatic rings. The number of anilines is 1. The monoisotopic (exact) mass is 400 g/mol. The summed E-state index contributed by atoms with van der Waals surface area (Å²) in [5, 5.41) is 2.93. The number of rotatable bonds is 4. The third-order valence-electron chi connectivity index (χ3n) is 5.00. The van der Waals surface area contributed by atoms with Crippen LogP contribution in [0, 0.1) is 0 Å². The molecule has 0 bridgehead atoms. The molecule has 0 saturated carbocycles. The van der Waals surface area contributed by atoms with Crippen molar-refractivity contribution in [3.05, 3.63) is 77.9 Å². The highest BCUT2D eigenvalue weighted by Gasteiger charge is 2.15. The van der Waals surface area contributed by atoms with Crippen LogP contribution in [0.5, 0.6) is 5.75 Å². The molecule has 1 aromatic heterocycles. The zero-order valence-electron chi connectivity index (χ0n) is 17.5. The summed E-state index contributed by atoms with van der Waals surface area (Å²) in [5.74, 6) is 1.13. The molecule has 0 radical (unpaired) electrons. The second kappa shape index (κ2) is 7.67. The van der Waals surface area contributed by atoms with Crippen LogP contribution in [0.1, 0.15) is 36.7 Å². The van der Waals surface area contributed by atoms with Gasteiger partial charge in [-0.05, 0) is 59.5 Å².